The van der Waals surface area contributed by atoms with Crippen molar-refractivity contribution >= 4 is 21.8 Å². The predicted octanol–water partition coefficient (Wildman–Crippen LogP) is 3.04. The molecule has 4 rings (SSSR count). The van der Waals surface area contributed by atoms with Crippen molar-refractivity contribution in [2.75, 3.05) is 10.8 Å². The molecule has 6 nitrogen and oxygen atoms in total. The van der Waals surface area contributed by atoms with Crippen LogP contribution in [-0.4, -0.2) is 20.9 Å². The Morgan fingerprint density at radius 2 is 1.52 bits per heavy atom. The normalized spacial score (nSPS) is 15.2. The van der Waals surface area contributed by atoms with Crippen LogP contribution in [0.15, 0.2) is 78.9 Å². The van der Waals surface area contributed by atoms with Gasteiger partial charge in [-0.2, -0.15) is 8.42 Å². The molecule has 0 aliphatic carbocycles. The first-order valence-corrected chi connectivity index (χ1v) is 10.6. The van der Waals surface area contributed by atoms with E-state index in [1.54, 1.807) is 12.1 Å². The van der Waals surface area contributed by atoms with Gasteiger partial charge in [0.15, 0.2) is 0 Å². The number of benzene rings is 3. The van der Waals surface area contributed by atoms with Gasteiger partial charge in [-0.05, 0) is 35.2 Å². The number of rotatable bonds is 6. The molecule has 7 heteroatoms. The summed E-state index contributed by atoms with van der Waals surface area (Å²) in [4.78, 5) is 11.7. The van der Waals surface area contributed by atoms with E-state index in [2.05, 4.69) is 0 Å². The van der Waals surface area contributed by atoms with Gasteiger partial charge in [0.1, 0.15) is 18.9 Å². The fraction of sp³-hybridized carbons (Fsp3) is 0.136. The average Bonchev–Trinajstić information content (AvgIpc) is 3.00. The third-order valence-electron chi connectivity index (χ3n) is 4.60. The average molecular weight is 408 g/mol. The zero-order valence-electron chi connectivity index (χ0n) is 15.6. The quantitative estimate of drug-likeness (QED) is 0.680. The van der Waals surface area contributed by atoms with Gasteiger partial charge in [0.25, 0.3) is 5.91 Å². The van der Waals surface area contributed by atoms with E-state index in [0.717, 1.165) is 21.0 Å². The SMILES string of the molecule is O=C1CN(c2cc(Cc3ccccc3)ccc2OCc2ccccc2)S(=O)(=O)N1. The molecule has 0 spiro atoms. The van der Waals surface area contributed by atoms with Crippen molar-refractivity contribution in [2.24, 2.45) is 0 Å². The Balaban J connectivity index is 1.67. The smallest absolute Gasteiger partial charge is 0.326 e. The highest BCUT2D eigenvalue weighted by atomic mass is 32.2. The topological polar surface area (TPSA) is 75.7 Å². The lowest BCUT2D eigenvalue weighted by Crippen LogP contribution is -2.30. The Bertz CT molecular complexity index is 1120. The predicted molar refractivity (Wildman–Crippen MR) is 111 cm³/mol. The van der Waals surface area contributed by atoms with E-state index in [1.165, 1.54) is 0 Å². The highest BCUT2D eigenvalue weighted by molar-refractivity contribution is 7.92. The summed E-state index contributed by atoms with van der Waals surface area (Å²) in [6.45, 7) is 0.0277. The lowest BCUT2D eigenvalue weighted by atomic mass is 10.0. The summed E-state index contributed by atoms with van der Waals surface area (Å²) < 4.78 is 33.8. The fourth-order valence-corrected chi connectivity index (χ4v) is 4.37. The highest BCUT2D eigenvalue weighted by Gasteiger charge is 2.35. The third-order valence-corrected chi connectivity index (χ3v) is 5.99. The molecule has 29 heavy (non-hydrogen) atoms. The minimum Gasteiger partial charge on any atom is -0.487 e. The Kier molecular flexibility index (Phi) is 5.22. The summed E-state index contributed by atoms with van der Waals surface area (Å²) in [5.41, 5.74) is 3.35. The summed E-state index contributed by atoms with van der Waals surface area (Å²) >= 11 is 0. The van der Waals surface area contributed by atoms with Crippen molar-refractivity contribution in [3.8, 4) is 5.75 Å². The van der Waals surface area contributed by atoms with Crippen LogP contribution in [0.5, 0.6) is 5.75 Å². The van der Waals surface area contributed by atoms with Crippen LogP contribution in [0.4, 0.5) is 5.69 Å². The number of carbonyl (C=O) groups excluding carboxylic acids is 1. The number of anilines is 1. The molecule has 0 atom stereocenters. The number of amides is 1. The first kappa shape index (κ1) is 19.0. The zero-order valence-corrected chi connectivity index (χ0v) is 16.4. The van der Waals surface area contributed by atoms with Crippen molar-refractivity contribution in [2.45, 2.75) is 13.0 Å². The molecule has 1 heterocycles. The van der Waals surface area contributed by atoms with Crippen LogP contribution in [0.25, 0.3) is 0 Å². The van der Waals surface area contributed by atoms with E-state index in [9.17, 15) is 13.2 Å². The maximum atomic E-state index is 12.4. The van der Waals surface area contributed by atoms with Gasteiger partial charge in [0.2, 0.25) is 0 Å². The maximum absolute atomic E-state index is 12.4. The minimum absolute atomic E-state index is 0.265. The Morgan fingerprint density at radius 3 is 2.14 bits per heavy atom. The van der Waals surface area contributed by atoms with Crippen molar-refractivity contribution in [3.63, 3.8) is 0 Å². The van der Waals surface area contributed by atoms with Gasteiger partial charge in [-0.3, -0.25) is 4.79 Å². The summed E-state index contributed by atoms with van der Waals surface area (Å²) in [6, 6.07) is 24.9. The molecular formula is C22H20N2O4S. The van der Waals surface area contributed by atoms with Crippen molar-refractivity contribution < 1.29 is 17.9 Å². The van der Waals surface area contributed by atoms with E-state index in [1.807, 2.05) is 71.5 Å². The van der Waals surface area contributed by atoms with Crippen molar-refractivity contribution in [1.82, 2.24) is 4.72 Å². The molecule has 1 saturated heterocycles. The van der Waals surface area contributed by atoms with Crippen LogP contribution >= 0.6 is 0 Å². The summed E-state index contributed by atoms with van der Waals surface area (Å²) in [5.74, 6) is -0.154. The number of ether oxygens (including phenoxy) is 1. The molecule has 0 unspecified atom stereocenters. The van der Waals surface area contributed by atoms with E-state index in [4.69, 9.17) is 4.74 Å². The van der Waals surface area contributed by atoms with Crippen LogP contribution in [0.2, 0.25) is 0 Å². The molecule has 1 amide bonds. The molecule has 148 valence electrons. The zero-order chi connectivity index (χ0) is 20.3. The van der Waals surface area contributed by atoms with Gasteiger partial charge >= 0.3 is 10.2 Å². The van der Waals surface area contributed by atoms with E-state index >= 15 is 0 Å². The molecule has 0 bridgehead atoms. The molecule has 3 aromatic carbocycles. The van der Waals surface area contributed by atoms with E-state index in [-0.39, 0.29) is 6.54 Å². The largest absolute Gasteiger partial charge is 0.487 e. The van der Waals surface area contributed by atoms with Crippen LogP contribution in [0.3, 0.4) is 0 Å². The monoisotopic (exact) mass is 408 g/mol. The Morgan fingerprint density at radius 1 is 0.862 bits per heavy atom. The molecule has 1 aliphatic heterocycles. The first-order valence-electron chi connectivity index (χ1n) is 9.18. The Hall–Kier alpha value is -3.32. The number of hydrogen-bond acceptors (Lipinski definition) is 4. The summed E-state index contributed by atoms with van der Waals surface area (Å²) in [7, 11) is -3.93. The van der Waals surface area contributed by atoms with Crippen molar-refractivity contribution in [1.29, 1.82) is 0 Å². The van der Waals surface area contributed by atoms with Gasteiger partial charge in [0, 0.05) is 0 Å². The lowest BCUT2D eigenvalue weighted by molar-refractivity contribution is -0.117. The summed E-state index contributed by atoms with van der Waals surface area (Å²) in [6.07, 6.45) is 0.641. The van der Waals surface area contributed by atoms with Crippen LogP contribution in [0.1, 0.15) is 16.7 Å². The first-order chi connectivity index (χ1) is 14.0. The maximum Gasteiger partial charge on any atom is 0.326 e. The Labute approximate surface area is 169 Å². The molecule has 1 fully saturated rings. The molecule has 3 aromatic rings. The number of nitrogens with one attached hydrogen (secondary N) is 1. The van der Waals surface area contributed by atoms with E-state index < -0.39 is 16.1 Å². The van der Waals surface area contributed by atoms with Crippen LogP contribution < -0.4 is 13.8 Å². The minimum atomic E-state index is -3.93. The van der Waals surface area contributed by atoms with Crippen molar-refractivity contribution in [3.05, 3.63) is 95.6 Å². The van der Waals surface area contributed by atoms with Crippen LogP contribution in [-0.2, 0) is 28.0 Å². The molecule has 1 N–H and O–H groups in total. The van der Waals surface area contributed by atoms with Crippen LogP contribution in [0, 0.1) is 0 Å². The second-order valence-corrected chi connectivity index (χ2v) is 8.37. The third kappa shape index (κ3) is 4.41. The fourth-order valence-electron chi connectivity index (χ4n) is 3.22. The van der Waals surface area contributed by atoms with Gasteiger partial charge in [-0.25, -0.2) is 9.03 Å². The molecule has 0 aromatic heterocycles. The van der Waals surface area contributed by atoms with Gasteiger partial charge in [-0.15, -0.1) is 0 Å². The molecule has 1 aliphatic rings. The summed E-state index contributed by atoms with van der Waals surface area (Å²) in [5, 5.41) is 0. The highest BCUT2D eigenvalue weighted by Crippen LogP contribution is 2.34. The second-order valence-electron chi connectivity index (χ2n) is 6.78. The molecule has 0 radical (unpaired) electrons. The van der Waals surface area contributed by atoms with Gasteiger partial charge < -0.3 is 4.74 Å². The lowest BCUT2D eigenvalue weighted by Gasteiger charge is -2.20. The number of hydrogen-bond donors (Lipinski definition) is 1. The molecule has 0 saturated carbocycles. The second kappa shape index (κ2) is 7.97. The molecular weight excluding hydrogens is 388 g/mol. The standard InChI is InChI=1S/C22H20N2O4S/c25-22-15-24(29(26,27)23-22)20-14-19(13-17-7-3-1-4-8-17)11-12-21(20)28-16-18-9-5-2-6-10-18/h1-12,14H,13,15-16H2,(H,23,25). The number of carbonyl (C=O) groups is 1. The number of nitrogens with zero attached hydrogens (tertiary/aromatic N) is 1. The van der Waals surface area contributed by atoms with E-state index in [0.29, 0.717) is 24.5 Å². The van der Waals surface area contributed by atoms with Gasteiger partial charge in [0.05, 0.1) is 5.69 Å². The van der Waals surface area contributed by atoms with Gasteiger partial charge in [-0.1, -0.05) is 66.7 Å².